The minimum atomic E-state index is 0.628. The van der Waals surface area contributed by atoms with Crippen molar-refractivity contribution in [3.63, 3.8) is 0 Å². The van der Waals surface area contributed by atoms with Crippen LogP contribution in [0.4, 0.5) is 0 Å². The van der Waals surface area contributed by atoms with Crippen LogP contribution < -0.4 is 5.32 Å². The van der Waals surface area contributed by atoms with Crippen molar-refractivity contribution in [2.75, 3.05) is 6.54 Å². The Morgan fingerprint density at radius 3 is 3.00 bits per heavy atom. The van der Waals surface area contributed by atoms with E-state index in [-0.39, 0.29) is 0 Å². The number of rotatable bonds is 5. The highest BCUT2D eigenvalue weighted by Crippen LogP contribution is 2.27. The molecule has 2 rings (SSSR count). The van der Waals surface area contributed by atoms with Crippen molar-refractivity contribution in [3.05, 3.63) is 18.0 Å². The van der Waals surface area contributed by atoms with E-state index in [2.05, 4.69) is 33.3 Å². The first-order valence-corrected chi connectivity index (χ1v) is 6.58. The third kappa shape index (κ3) is 3.61. The lowest BCUT2D eigenvalue weighted by atomic mass is 9.96. The highest BCUT2D eigenvalue weighted by atomic mass is 15.3. The van der Waals surface area contributed by atoms with Gasteiger partial charge in [0.15, 0.2) is 0 Å². The van der Waals surface area contributed by atoms with E-state index in [4.69, 9.17) is 6.42 Å². The number of hydrogen-bond donors (Lipinski definition) is 1. The smallest absolute Gasteiger partial charge is 0.0762 e. The molecule has 92 valence electrons. The lowest BCUT2D eigenvalue weighted by Gasteiger charge is -2.21. The second-order valence-electron chi connectivity index (χ2n) is 4.71. The summed E-state index contributed by atoms with van der Waals surface area (Å²) in [5, 5.41) is 7.93. The van der Waals surface area contributed by atoms with E-state index in [1.165, 1.54) is 32.1 Å². The summed E-state index contributed by atoms with van der Waals surface area (Å²) < 4.78 is 2.15. The zero-order chi connectivity index (χ0) is 11.9. The number of hydrogen-bond acceptors (Lipinski definition) is 2. The third-order valence-electron chi connectivity index (χ3n) is 3.36. The quantitative estimate of drug-likeness (QED) is 0.623. The molecule has 0 bridgehead atoms. The van der Waals surface area contributed by atoms with E-state index in [0.717, 1.165) is 25.2 Å². The van der Waals surface area contributed by atoms with Gasteiger partial charge < -0.3 is 5.32 Å². The van der Waals surface area contributed by atoms with Gasteiger partial charge in [0, 0.05) is 25.7 Å². The normalized spacial score (nSPS) is 16.9. The molecule has 1 N–H and O–H groups in total. The first-order chi connectivity index (χ1) is 8.40. The van der Waals surface area contributed by atoms with Crippen molar-refractivity contribution >= 4 is 0 Å². The largest absolute Gasteiger partial charge is 0.310 e. The summed E-state index contributed by atoms with van der Waals surface area (Å²) >= 11 is 0. The summed E-state index contributed by atoms with van der Waals surface area (Å²) in [6.07, 6.45) is 14.7. The molecular weight excluding hydrogens is 210 g/mol. The van der Waals surface area contributed by atoms with Crippen molar-refractivity contribution in [1.82, 2.24) is 15.1 Å². The molecule has 3 heteroatoms. The molecular formula is C14H21N3. The SMILES string of the molecule is C#CCCNCc1ccn(C2CCCCC2)n1. The maximum Gasteiger partial charge on any atom is 0.0762 e. The van der Waals surface area contributed by atoms with Gasteiger partial charge in [0.05, 0.1) is 11.7 Å². The van der Waals surface area contributed by atoms with Crippen LogP contribution in [0.25, 0.3) is 0 Å². The van der Waals surface area contributed by atoms with Gasteiger partial charge in [-0.2, -0.15) is 5.10 Å². The van der Waals surface area contributed by atoms with Gasteiger partial charge in [-0.3, -0.25) is 4.68 Å². The third-order valence-corrected chi connectivity index (χ3v) is 3.36. The van der Waals surface area contributed by atoms with Crippen molar-refractivity contribution < 1.29 is 0 Å². The highest BCUT2D eigenvalue weighted by Gasteiger charge is 2.15. The summed E-state index contributed by atoms with van der Waals surface area (Å²) in [6, 6.07) is 2.74. The zero-order valence-corrected chi connectivity index (χ0v) is 10.4. The summed E-state index contributed by atoms with van der Waals surface area (Å²) in [4.78, 5) is 0. The summed E-state index contributed by atoms with van der Waals surface area (Å²) in [5.74, 6) is 2.62. The monoisotopic (exact) mass is 231 g/mol. The molecule has 1 aliphatic carbocycles. The molecule has 3 nitrogen and oxygen atoms in total. The van der Waals surface area contributed by atoms with Crippen LogP contribution in [-0.4, -0.2) is 16.3 Å². The Morgan fingerprint density at radius 1 is 1.41 bits per heavy atom. The minimum absolute atomic E-state index is 0.628. The van der Waals surface area contributed by atoms with Gasteiger partial charge in [0.2, 0.25) is 0 Å². The zero-order valence-electron chi connectivity index (χ0n) is 10.4. The van der Waals surface area contributed by atoms with Gasteiger partial charge in [0.1, 0.15) is 0 Å². The van der Waals surface area contributed by atoms with E-state index in [1.807, 2.05) is 0 Å². The van der Waals surface area contributed by atoms with E-state index in [9.17, 15) is 0 Å². The van der Waals surface area contributed by atoms with E-state index < -0.39 is 0 Å². The first kappa shape index (κ1) is 12.2. The second kappa shape index (κ2) is 6.46. The van der Waals surface area contributed by atoms with E-state index in [1.54, 1.807) is 0 Å². The fraction of sp³-hybridized carbons (Fsp3) is 0.643. The van der Waals surface area contributed by atoms with Crippen molar-refractivity contribution in [3.8, 4) is 12.3 Å². The molecule has 17 heavy (non-hydrogen) atoms. The van der Waals surface area contributed by atoms with Gasteiger partial charge in [-0.05, 0) is 18.9 Å². The Labute approximate surface area is 104 Å². The Kier molecular flexibility index (Phi) is 4.63. The number of aromatic nitrogens is 2. The Bertz CT molecular complexity index is 369. The molecule has 0 aliphatic heterocycles. The van der Waals surface area contributed by atoms with E-state index >= 15 is 0 Å². The molecule has 0 spiro atoms. The van der Waals surface area contributed by atoms with Crippen LogP contribution in [0, 0.1) is 12.3 Å². The molecule has 1 saturated carbocycles. The van der Waals surface area contributed by atoms with Crippen LogP contribution in [0.15, 0.2) is 12.3 Å². The van der Waals surface area contributed by atoms with Gasteiger partial charge in [-0.15, -0.1) is 12.3 Å². The van der Waals surface area contributed by atoms with Crippen LogP contribution in [0.5, 0.6) is 0 Å². The van der Waals surface area contributed by atoms with Crippen LogP contribution in [0.2, 0.25) is 0 Å². The number of terminal acetylenes is 1. The molecule has 1 aromatic heterocycles. The fourth-order valence-electron chi connectivity index (χ4n) is 2.40. The molecule has 1 fully saturated rings. The highest BCUT2D eigenvalue weighted by molar-refractivity contribution is 5.00. The molecule has 1 aliphatic rings. The maximum absolute atomic E-state index is 5.20. The van der Waals surface area contributed by atoms with E-state index in [0.29, 0.717) is 6.04 Å². The summed E-state index contributed by atoms with van der Waals surface area (Å²) in [6.45, 7) is 1.69. The molecule has 0 atom stereocenters. The van der Waals surface area contributed by atoms with Crippen molar-refractivity contribution in [2.45, 2.75) is 51.1 Å². The number of nitrogens with one attached hydrogen (secondary N) is 1. The predicted molar refractivity (Wildman–Crippen MR) is 69.5 cm³/mol. The van der Waals surface area contributed by atoms with Gasteiger partial charge >= 0.3 is 0 Å². The molecule has 0 aromatic carbocycles. The summed E-state index contributed by atoms with van der Waals surface area (Å²) in [7, 11) is 0. The molecule has 0 radical (unpaired) electrons. The Morgan fingerprint density at radius 2 is 2.24 bits per heavy atom. The average molecular weight is 231 g/mol. The molecule has 1 heterocycles. The van der Waals surface area contributed by atoms with Crippen molar-refractivity contribution in [2.24, 2.45) is 0 Å². The van der Waals surface area contributed by atoms with Crippen LogP contribution in [0.3, 0.4) is 0 Å². The Hall–Kier alpha value is -1.27. The molecule has 0 saturated heterocycles. The topological polar surface area (TPSA) is 29.9 Å². The second-order valence-corrected chi connectivity index (χ2v) is 4.71. The lowest BCUT2D eigenvalue weighted by Crippen LogP contribution is -2.16. The number of nitrogens with zero attached hydrogens (tertiary/aromatic N) is 2. The Balaban J connectivity index is 1.81. The molecule has 0 unspecified atom stereocenters. The summed E-state index contributed by atoms with van der Waals surface area (Å²) in [5.41, 5.74) is 1.12. The van der Waals surface area contributed by atoms with Crippen LogP contribution >= 0.6 is 0 Å². The van der Waals surface area contributed by atoms with Crippen LogP contribution in [0.1, 0.15) is 50.3 Å². The van der Waals surface area contributed by atoms with Gasteiger partial charge in [-0.25, -0.2) is 0 Å². The molecule has 0 amide bonds. The van der Waals surface area contributed by atoms with Crippen molar-refractivity contribution in [1.29, 1.82) is 0 Å². The average Bonchev–Trinajstić information content (AvgIpc) is 2.85. The lowest BCUT2D eigenvalue weighted by molar-refractivity contribution is 0.328. The van der Waals surface area contributed by atoms with Gasteiger partial charge in [-0.1, -0.05) is 19.3 Å². The first-order valence-electron chi connectivity index (χ1n) is 6.58. The predicted octanol–water partition coefficient (Wildman–Crippen LogP) is 2.50. The standard InChI is InChI=1S/C14H21N3/c1-2-3-10-15-12-13-9-11-17(16-13)14-7-5-4-6-8-14/h1,9,11,14-15H,3-8,10,12H2. The minimum Gasteiger partial charge on any atom is -0.310 e. The van der Waals surface area contributed by atoms with Crippen LogP contribution in [-0.2, 0) is 6.54 Å². The molecule has 1 aromatic rings. The van der Waals surface area contributed by atoms with Gasteiger partial charge in [0.25, 0.3) is 0 Å². The fourth-order valence-corrected chi connectivity index (χ4v) is 2.40. The maximum atomic E-state index is 5.20.